The maximum Gasteiger partial charge on any atom is 0.573 e. The molecule has 5 nitrogen and oxygen atoms in total. The highest BCUT2D eigenvalue weighted by Crippen LogP contribution is 2.40. The van der Waals surface area contributed by atoms with Gasteiger partial charge in [-0.1, -0.05) is 25.5 Å². The molecule has 50 heavy (non-hydrogen) atoms. The van der Waals surface area contributed by atoms with Crippen LogP contribution in [0, 0.1) is 34.9 Å². The Morgan fingerprint density at radius 3 is 1.72 bits per heavy atom. The molecule has 0 aliphatic carbocycles. The minimum absolute atomic E-state index is 0.181. The van der Waals surface area contributed by atoms with Gasteiger partial charge in [0.2, 0.25) is 5.75 Å². The lowest BCUT2D eigenvalue weighted by atomic mass is 10.00. The summed E-state index contributed by atoms with van der Waals surface area (Å²) in [6.45, 7) is 2.90. The van der Waals surface area contributed by atoms with Crippen molar-refractivity contribution in [1.82, 2.24) is 0 Å². The molecule has 0 aromatic heterocycles. The summed E-state index contributed by atoms with van der Waals surface area (Å²) >= 11 is 0. The van der Waals surface area contributed by atoms with E-state index in [0.29, 0.717) is 49.1 Å². The van der Waals surface area contributed by atoms with Crippen molar-refractivity contribution in [3.05, 3.63) is 107 Å². The maximum absolute atomic E-state index is 15.1. The van der Waals surface area contributed by atoms with E-state index in [1.807, 2.05) is 6.92 Å². The first-order chi connectivity index (χ1) is 23.6. The molecule has 1 saturated heterocycles. The lowest BCUT2D eigenvalue weighted by Crippen LogP contribution is -2.33. The van der Waals surface area contributed by atoms with E-state index in [9.17, 15) is 26.3 Å². The highest BCUT2D eigenvalue weighted by Gasteiger charge is 2.42. The van der Waals surface area contributed by atoms with E-state index in [1.54, 1.807) is 0 Å². The summed E-state index contributed by atoms with van der Waals surface area (Å²) in [5, 5.41) is 0. The Morgan fingerprint density at radius 2 is 1.20 bits per heavy atom. The molecular weight excluding hydrogens is 697 g/mol. The average molecular weight is 723 g/mol. The highest BCUT2D eigenvalue weighted by atomic mass is 19.4. The van der Waals surface area contributed by atoms with Gasteiger partial charge in [0, 0.05) is 29.4 Å². The van der Waals surface area contributed by atoms with Crippen molar-refractivity contribution in [2.24, 2.45) is 0 Å². The van der Waals surface area contributed by atoms with E-state index in [-0.39, 0.29) is 30.4 Å². The number of alkyl halides is 5. The van der Waals surface area contributed by atoms with Crippen LogP contribution in [0.15, 0.2) is 60.7 Å². The highest BCUT2D eigenvalue weighted by molar-refractivity contribution is 5.67. The van der Waals surface area contributed by atoms with Crippen LogP contribution in [0.4, 0.5) is 48.3 Å². The van der Waals surface area contributed by atoms with Gasteiger partial charge in [-0.2, -0.15) is 8.78 Å². The molecule has 1 heterocycles. The third-order valence-electron chi connectivity index (χ3n) is 7.34. The van der Waals surface area contributed by atoms with E-state index in [1.165, 1.54) is 6.07 Å². The van der Waals surface area contributed by atoms with Crippen LogP contribution < -0.4 is 9.47 Å². The number of unbranched alkanes of at least 4 members (excludes halogenated alkanes) is 1. The first-order valence-corrected chi connectivity index (χ1v) is 14.8. The van der Waals surface area contributed by atoms with Crippen molar-refractivity contribution in [1.29, 1.82) is 0 Å². The molecule has 0 atom stereocenters. The number of benzene rings is 4. The van der Waals surface area contributed by atoms with Gasteiger partial charge < -0.3 is 23.7 Å². The average Bonchev–Trinajstić information content (AvgIpc) is 3.02. The number of ether oxygens (including phenoxy) is 5. The number of halogens is 11. The molecule has 1 aliphatic heterocycles. The molecule has 0 bridgehead atoms. The van der Waals surface area contributed by atoms with E-state index in [2.05, 4.69) is 9.47 Å². The van der Waals surface area contributed by atoms with Crippen LogP contribution in [0.5, 0.6) is 11.5 Å². The molecule has 0 radical (unpaired) electrons. The first-order valence-electron chi connectivity index (χ1n) is 14.8. The standard InChI is InChI=1S/C34H25F11O5/c1-2-3-8-46-21-15-47-32(48-16-21)17-4-6-22(24(35)9-17)18-10-26(37)30(27(38)11-18)33(41,42)49-20-5-7-23(25(36)14-20)19-12-28(39)31(29(40)13-19)50-34(43,44)45/h4-7,9-14,21,32H,2-3,8,15-16H2,1H3. The molecule has 4 aromatic rings. The summed E-state index contributed by atoms with van der Waals surface area (Å²) in [6, 6.07) is 6.65. The molecular formula is C34H25F11O5. The molecule has 1 fully saturated rings. The Bertz CT molecular complexity index is 1790. The molecule has 4 aromatic carbocycles. The lowest BCUT2D eigenvalue weighted by Gasteiger charge is -2.29. The minimum Gasteiger partial charge on any atom is -0.429 e. The largest absolute Gasteiger partial charge is 0.573 e. The second kappa shape index (κ2) is 14.8. The fourth-order valence-electron chi connectivity index (χ4n) is 5.01. The fraction of sp³-hybridized carbons (Fsp3) is 0.294. The second-order valence-electron chi connectivity index (χ2n) is 11.0. The molecule has 268 valence electrons. The van der Waals surface area contributed by atoms with E-state index >= 15 is 22.0 Å². The zero-order valence-electron chi connectivity index (χ0n) is 25.7. The molecule has 0 saturated carbocycles. The lowest BCUT2D eigenvalue weighted by molar-refractivity contribution is -0.276. The van der Waals surface area contributed by atoms with Crippen LogP contribution in [0.2, 0.25) is 0 Å². The Labute approximate surface area is 277 Å². The third kappa shape index (κ3) is 8.47. The predicted molar refractivity (Wildman–Crippen MR) is 154 cm³/mol. The first kappa shape index (κ1) is 36.9. The molecule has 0 amide bonds. The van der Waals surface area contributed by atoms with Gasteiger partial charge in [0.25, 0.3) is 0 Å². The summed E-state index contributed by atoms with van der Waals surface area (Å²) in [5.41, 5.74) is -3.74. The summed E-state index contributed by atoms with van der Waals surface area (Å²) in [6.07, 6.45) is -9.66. The van der Waals surface area contributed by atoms with E-state index in [4.69, 9.17) is 14.2 Å². The normalized spacial score (nSPS) is 16.8. The van der Waals surface area contributed by atoms with Crippen molar-refractivity contribution in [2.45, 2.75) is 44.6 Å². The van der Waals surface area contributed by atoms with Gasteiger partial charge in [0.1, 0.15) is 40.7 Å². The van der Waals surface area contributed by atoms with E-state index < -0.39 is 87.4 Å². The van der Waals surface area contributed by atoms with Crippen molar-refractivity contribution in [3.63, 3.8) is 0 Å². The molecule has 0 unspecified atom stereocenters. The molecule has 5 rings (SSSR count). The Morgan fingerprint density at radius 1 is 0.660 bits per heavy atom. The van der Waals surface area contributed by atoms with E-state index in [0.717, 1.165) is 25.0 Å². The van der Waals surface area contributed by atoms with Crippen molar-refractivity contribution in [2.75, 3.05) is 19.8 Å². The summed E-state index contributed by atoms with van der Waals surface area (Å²) in [7, 11) is 0. The topological polar surface area (TPSA) is 46.2 Å². The molecule has 0 N–H and O–H groups in total. The van der Waals surface area contributed by atoms with Crippen LogP contribution in [0.1, 0.15) is 37.2 Å². The van der Waals surface area contributed by atoms with Gasteiger partial charge >= 0.3 is 12.5 Å². The van der Waals surface area contributed by atoms with Crippen LogP contribution in [-0.2, 0) is 20.3 Å². The molecule has 1 aliphatic rings. The van der Waals surface area contributed by atoms with Gasteiger partial charge in [-0.05, 0) is 60.0 Å². The summed E-state index contributed by atoms with van der Waals surface area (Å²) in [4.78, 5) is 0. The van der Waals surface area contributed by atoms with Gasteiger partial charge in [0.15, 0.2) is 17.9 Å². The van der Waals surface area contributed by atoms with Gasteiger partial charge in [-0.15, -0.1) is 13.2 Å². The molecule has 0 spiro atoms. The van der Waals surface area contributed by atoms with Crippen LogP contribution in [0.3, 0.4) is 0 Å². The monoisotopic (exact) mass is 722 g/mol. The van der Waals surface area contributed by atoms with Gasteiger partial charge in [-0.25, -0.2) is 26.3 Å². The predicted octanol–water partition coefficient (Wildman–Crippen LogP) is 10.1. The van der Waals surface area contributed by atoms with Gasteiger partial charge in [0.05, 0.1) is 13.2 Å². The Kier molecular flexibility index (Phi) is 10.9. The van der Waals surface area contributed by atoms with Gasteiger partial charge in [-0.3, -0.25) is 0 Å². The number of hydrogen-bond donors (Lipinski definition) is 0. The maximum atomic E-state index is 15.1. The van der Waals surface area contributed by atoms with Crippen LogP contribution in [0.25, 0.3) is 22.3 Å². The second-order valence-corrected chi connectivity index (χ2v) is 11.0. The number of rotatable bonds is 11. The summed E-state index contributed by atoms with van der Waals surface area (Å²) in [5.74, 6) is -12.6. The SMILES string of the molecule is CCCCOC1COC(c2ccc(-c3cc(F)c(C(F)(F)Oc4ccc(-c5cc(F)c(OC(F)(F)F)c(F)c5)c(F)c4)c(F)c3)c(F)c2)OC1. The number of hydrogen-bond acceptors (Lipinski definition) is 5. The van der Waals surface area contributed by atoms with Crippen LogP contribution >= 0.6 is 0 Å². The zero-order chi connectivity index (χ0) is 36.4. The smallest absolute Gasteiger partial charge is 0.429 e. The fourth-order valence-corrected chi connectivity index (χ4v) is 5.01. The Balaban J connectivity index is 1.31. The quantitative estimate of drug-likeness (QED) is 0.114. The van der Waals surface area contributed by atoms with Crippen LogP contribution in [-0.4, -0.2) is 32.3 Å². The Hall–Kier alpha value is -4.41. The zero-order valence-corrected chi connectivity index (χ0v) is 25.7. The summed E-state index contributed by atoms with van der Waals surface area (Å²) < 4.78 is 180. The third-order valence-corrected chi connectivity index (χ3v) is 7.34. The minimum atomic E-state index is -5.44. The van der Waals surface area contributed by atoms with Crippen molar-refractivity contribution < 1.29 is 72.0 Å². The molecule has 16 heteroatoms. The van der Waals surface area contributed by atoms with Crippen molar-refractivity contribution in [3.8, 4) is 33.8 Å². The van der Waals surface area contributed by atoms with Crippen molar-refractivity contribution >= 4 is 0 Å².